The molecule has 0 bridgehead atoms. The van der Waals surface area contributed by atoms with E-state index in [9.17, 15) is 4.79 Å². The lowest BCUT2D eigenvalue weighted by atomic mass is 10.1. The van der Waals surface area contributed by atoms with Crippen molar-refractivity contribution >= 4 is 5.91 Å². The second-order valence-electron chi connectivity index (χ2n) is 3.77. The van der Waals surface area contributed by atoms with Gasteiger partial charge >= 0.3 is 0 Å². The fraction of sp³-hybridized carbons (Fsp3) is 0.545. The molecule has 0 aliphatic heterocycles. The predicted octanol–water partition coefficient (Wildman–Crippen LogP) is 1.32. The molecule has 0 aromatic carbocycles. The molecule has 15 heavy (non-hydrogen) atoms. The molecular weight excluding hydrogens is 194 g/mol. The molecule has 1 aromatic heterocycles. The van der Waals surface area contributed by atoms with E-state index in [2.05, 4.69) is 5.32 Å². The number of amides is 1. The summed E-state index contributed by atoms with van der Waals surface area (Å²) in [6.07, 6.45) is -0.539. The summed E-state index contributed by atoms with van der Waals surface area (Å²) in [5.41, 5.74) is 1.43. The molecule has 0 radical (unpaired) electrons. The Labute approximate surface area is 89.3 Å². The minimum atomic E-state index is -0.539. The van der Waals surface area contributed by atoms with Crippen LogP contribution in [0.25, 0.3) is 0 Å². The van der Waals surface area contributed by atoms with Crippen LogP contribution in [0.5, 0.6) is 0 Å². The molecule has 0 saturated heterocycles. The van der Waals surface area contributed by atoms with Gasteiger partial charge in [-0.15, -0.1) is 0 Å². The highest BCUT2D eigenvalue weighted by molar-refractivity contribution is 5.96. The molecule has 1 aromatic rings. The summed E-state index contributed by atoms with van der Waals surface area (Å²) in [4.78, 5) is 11.7. The van der Waals surface area contributed by atoms with Crippen LogP contribution in [0.15, 0.2) is 4.42 Å². The first-order chi connectivity index (χ1) is 6.93. The molecule has 2 N–H and O–H groups in total. The van der Waals surface area contributed by atoms with Gasteiger partial charge < -0.3 is 14.8 Å². The topological polar surface area (TPSA) is 62.5 Å². The van der Waals surface area contributed by atoms with Crippen LogP contribution in [0.4, 0.5) is 0 Å². The number of hydrogen-bond donors (Lipinski definition) is 2. The third kappa shape index (κ3) is 2.59. The number of aliphatic hydroxyl groups excluding tert-OH is 1. The van der Waals surface area contributed by atoms with E-state index in [4.69, 9.17) is 9.52 Å². The number of aliphatic hydroxyl groups is 1. The lowest BCUT2D eigenvalue weighted by Crippen LogP contribution is -2.31. The lowest BCUT2D eigenvalue weighted by Gasteiger charge is -2.06. The summed E-state index contributed by atoms with van der Waals surface area (Å²) < 4.78 is 5.35. The Morgan fingerprint density at radius 3 is 2.40 bits per heavy atom. The largest absolute Gasteiger partial charge is 0.466 e. The zero-order valence-electron chi connectivity index (χ0n) is 9.55. The molecule has 0 fully saturated rings. The third-order valence-corrected chi connectivity index (χ3v) is 2.35. The van der Waals surface area contributed by atoms with Crippen molar-refractivity contribution in [1.29, 1.82) is 0 Å². The monoisotopic (exact) mass is 211 g/mol. The minimum Gasteiger partial charge on any atom is -0.466 e. The van der Waals surface area contributed by atoms with Gasteiger partial charge in [-0.1, -0.05) is 0 Å². The van der Waals surface area contributed by atoms with E-state index < -0.39 is 6.10 Å². The van der Waals surface area contributed by atoms with E-state index in [1.54, 1.807) is 13.8 Å². The minimum absolute atomic E-state index is 0.192. The van der Waals surface area contributed by atoms with E-state index in [0.717, 1.165) is 11.3 Å². The summed E-state index contributed by atoms with van der Waals surface area (Å²) in [7, 11) is 0. The van der Waals surface area contributed by atoms with Gasteiger partial charge in [-0.05, 0) is 27.7 Å². The first-order valence-electron chi connectivity index (χ1n) is 4.96. The molecule has 84 valence electrons. The Kier molecular flexibility index (Phi) is 3.52. The lowest BCUT2D eigenvalue weighted by molar-refractivity contribution is 0.0922. The number of furan rings is 1. The van der Waals surface area contributed by atoms with Gasteiger partial charge in [0.1, 0.15) is 11.5 Å². The SMILES string of the molecule is Cc1oc(C)c(C(=O)NC[C@H](C)O)c1C. The maximum Gasteiger partial charge on any atom is 0.255 e. The van der Waals surface area contributed by atoms with Gasteiger partial charge in [-0.2, -0.15) is 0 Å². The van der Waals surface area contributed by atoms with E-state index in [-0.39, 0.29) is 12.5 Å². The second-order valence-corrected chi connectivity index (χ2v) is 3.77. The van der Waals surface area contributed by atoms with Gasteiger partial charge in [0.25, 0.3) is 5.91 Å². The fourth-order valence-electron chi connectivity index (χ4n) is 1.46. The summed E-state index contributed by atoms with van der Waals surface area (Å²) >= 11 is 0. The average Bonchev–Trinajstić information content (AvgIpc) is 2.37. The van der Waals surface area contributed by atoms with Crippen LogP contribution in [0.2, 0.25) is 0 Å². The highest BCUT2D eigenvalue weighted by Gasteiger charge is 2.18. The van der Waals surface area contributed by atoms with Crippen molar-refractivity contribution in [1.82, 2.24) is 5.32 Å². The zero-order valence-corrected chi connectivity index (χ0v) is 9.55. The van der Waals surface area contributed by atoms with Crippen molar-refractivity contribution in [3.63, 3.8) is 0 Å². The number of aryl methyl sites for hydroxylation is 2. The highest BCUT2D eigenvalue weighted by atomic mass is 16.3. The maximum atomic E-state index is 11.7. The first kappa shape index (κ1) is 11.8. The molecule has 1 amide bonds. The van der Waals surface area contributed by atoms with Gasteiger partial charge in [-0.3, -0.25) is 4.79 Å². The van der Waals surface area contributed by atoms with Gasteiger partial charge in [-0.25, -0.2) is 0 Å². The van der Waals surface area contributed by atoms with Crippen LogP contribution in [-0.2, 0) is 0 Å². The summed E-state index contributed by atoms with van der Waals surface area (Å²) in [5, 5.41) is 11.7. The van der Waals surface area contributed by atoms with Crippen LogP contribution < -0.4 is 5.32 Å². The summed E-state index contributed by atoms with van der Waals surface area (Å²) in [5.74, 6) is 1.19. The van der Waals surface area contributed by atoms with Crippen molar-refractivity contribution in [3.8, 4) is 0 Å². The number of rotatable bonds is 3. The Morgan fingerprint density at radius 2 is 2.00 bits per heavy atom. The number of carbonyl (C=O) groups excluding carboxylic acids is 1. The zero-order chi connectivity index (χ0) is 11.6. The van der Waals surface area contributed by atoms with Crippen LogP contribution in [0, 0.1) is 20.8 Å². The molecular formula is C11H17NO3. The average molecular weight is 211 g/mol. The Hall–Kier alpha value is -1.29. The van der Waals surface area contributed by atoms with Crippen LogP contribution in [0.1, 0.15) is 34.4 Å². The number of nitrogens with one attached hydrogen (secondary N) is 1. The number of carbonyl (C=O) groups is 1. The predicted molar refractivity (Wildman–Crippen MR) is 56.9 cm³/mol. The van der Waals surface area contributed by atoms with E-state index in [1.807, 2.05) is 13.8 Å². The third-order valence-electron chi connectivity index (χ3n) is 2.35. The van der Waals surface area contributed by atoms with Gasteiger partial charge in [0.2, 0.25) is 0 Å². The number of hydrogen-bond acceptors (Lipinski definition) is 3. The van der Waals surface area contributed by atoms with Crippen molar-refractivity contribution in [2.45, 2.75) is 33.8 Å². The molecule has 4 heteroatoms. The van der Waals surface area contributed by atoms with E-state index in [0.29, 0.717) is 11.3 Å². The van der Waals surface area contributed by atoms with E-state index >= 15 is 0 Å². The van der Waals surface area contributed by atoms with Crippen molar-refractivity contribution in [3.05, 3.63) is 22.6 Å². The smallest absolute Gasteiger partial charge is 0.255 e. The molecule has 0 aliphatic rings. The second kappa shape index (κ2) is 4.49. The standard InChI is InChI=1S/C11H17NO3/c1-6(13)5-12-11(14)10-7(2)8(3)15-9(10)4/h6,13H,5H2,1-4H3,(H,12,14)/t6-/m0/s1. The quantitative estimate of drug-likeness (QED) is 0.792. The molecule has 1 heterocycles. The molecule has 0 unspecified atom stereocenters. The first-order valence-corrected chi connectivity index (χ1v) is 4.96. The Bertz CT molecular complexity index is 366. The molecule has 1 rings (SSSR count). The molecule has 0 aliphatic carbocycles. The van der Waals surface area contributed by atoms with Crippen LogP contribution in [-0.4, -0.2) is 23.7 Å². The van der Waals surface area contributed by atoms with Crippen molar-refractivity contribution < 1.29 is 14.3 Å². The Morgan fingerprint density at radius 1 is 1.40 bits per heavy atom. The molecule has 1 atom stereocenters. The van der Waals surface area contributed by atoms with Crippen molar-refractivity contribution in [2.75, 3.05) is 6.54 Å². The van der Waals surface area contributed by atoms with E-state index in [1.165, 1.54) is 0 Å². The van der Waals surface area contributed by atoms with Crippen molar-refractivity contribution in [2.24, 2.45) is 0 Å². The summed E-state index contributed by atoms with van der Waals surface area (Å²) in [6, 6.07) is 0. The maximum absolute atomic E-state index is 11.7. The highest BCUT2D eigenvalue weighted by Crippen LogP contribution is 2.20. The molecule has 4 nitrogen and oxygen atoms in total. The van der Waals surface area contributed by atoms with Gasteiger partial charge in [0, 0.05) is 12.1 Å². The molecule has 0 spiro atoms. The Balaban J connectivity index is 2.82. The molecule has 0 saturated carbocycles. The fourth-order valence-corrected chi connectivity index (χ4v) is 1.46. The van der Waals surface area contributed by atoms with Crippen LogP contribution >= 0.6 is 0 Å². The van der Waals surface area contributed by atoms with Gasteiger partial charge in [0.15, 0.2) is 0 Å². The van der Waals surface area contributed by atoms with Gasteiger partial charge in [0.05, 0.1) is 11.7 Å². The summed E-state index contributed by atoms with van der Waals surface area (Å²) in [6.45, 7) is 7.32. The van der Waals surface area contributed by atoms with Crippen LogP contribution in [0.3, 0.4) is 0 Å². The normalized spacial score (nSPS) is 12.6.